The SMILES string of the molecule is CC(C(=O)Nc1ccc2cccc(Br)c2n1)C1CNC1.Cl. The van der Waals surface area contributed by atoms with Crippen LogP contribution in [-0.2, 0) is 4.79 Å². The lowest BCUT2D eigenvalue weighted by Crippen LogP contribution is -2.48. The van der Waals surface area contributed by atoms with Crippen molar-refractivity contribution in [3.63, 3.8) is 0 Å². The molecule has 21 heavy (non-hydrogen) atoms. The quantitative estimate of drug-likeness (QED) is 0.872. The summed E-state index contributed by atoms with van der Waals surface area (Å²) in [4.78, 5) is 16.7. The van der Waals surface area contributed by atoms with Gasteiger partial charge in [0.2, 0.25) is 5.91 Å². The molecule has 0 bridgehead atoms. The monoisotopic (exact) mass is 369 g/mol. The molecule has 2 heterocycles. The Morgan fingerprint density at radius 2 is 2.14 bits per heavy atom. The molecule has 1 aliphatic rings. The first-order chi connectivity index (χ1) is 9.65. The fourth-order valence-corrected chi connectivity index (χ4v) is 2.77. The number of nitrogens with one attached hydrogen (secondary N) is 2. The third-order valence-corrected chi connectivity index (χ3v) is 4.50. The maximum Gasteiger partial charge on any atom is 0.228 e. The van der Waals surface area contributed by atoms with Crippen molar-refractivity contribution in [1.29, 1.82) is 0 Å². The van der Waals surface area contributed by atoms with Gasteiger partial charge >= 0.3 is 0 Å². The average molecular weight is 371 g/mol. The summed E-state index contributed by atoms with van der Waals surface area (Å²) in [6.07, 6.45) is 0. The Morgan fingerprint density at radius 3 is 2.81 bits per heavy atom. The maximum absolute atomic E-state index is 12.2. The van der Waals surface area contributed by atoms with Gasteiger partial charge in [-0.05, 0) is 53.1 Å². The number of pyridine rings is 1. The second-order valence-electron chi connectivity index (χ2n) is 5.20. The number of amides is 1. The Bertz CT molecular complexity index is 660. The molecule has 112 valence electrons. The Balaban J connectivity index is 0.00000161. The summed E-state index contributed by atoms with van der Waals surface area (Å²) in [5, 5.41) is 7.15. The highest BCUT2D eigenvalue weighted by atomic mass is 79.9. The van der Waals surface area contributed by atoms with E-state index in [1.807, 2.05) is 37.3 Å². The minimum absolute atomic E-state index is 0. The van der Waals surface area contributed by atoms with Gasteiger partial charge in [0.25, 0.3) is 0 Å². The molecule has 1 saturated heterocycles. The minimum atomic E-state index is 0. The van der Waals surface area contributed by atoms with Crippen LogP contribution >= 0.6 is 28.3 Å². The van der Waals surface area contributed by atoms with Gasteiger partial charge in [-0.15, -0.1) is 12.4 Å². The predicted molar refractivity (Wildman–Crippen MR) is 90.8 cm³/mol. The Kier molecular flexibility index (Phi) is 5.19. The van der Waals surface area contributed by atoms with E-state index < -0.39 is 0 Å². The molecular formula is C15H17BrClN3O. The zero-order valence-electron chi connectivity index (χ0n) is 11.6. The second kappa shape index (κ2) is 6.73. The van der Waals surface area contributed by atoms with E-state index in [2.05, 4.69) is 31.5 Å². The summed E-state index contributed by atoms with van der Waals surface area (Å²) in [6.45, 7) is 3.81. The first-order valence-electron chi connectivity index (χ1n) is 6.72. The molecule has 0 saturated carbocycles. The summed E-state index contributed by atoms with van der Waals surface area (Å²) >= 11 is 3.49. The molecule has 3 rings (SSSR count). The van der Waals surface area contributed by atoms with Gasteiger partial charge in [-0.3, -0.25) is 4.79 Å². The van der Waals surface area contributed by atoms with Gasteiger partial charge in [0.15, 0.2) is 0 Å². The Labute approximate surface area is 138 Å². The van der Waals surface area contributed by atoms with Crippen LogP contribution in [0.5, 0.6) is 0 Å². The predicted octanol–water partition coefficient (Wildman–Crippen LogP) is 3.21. The number of carbonyl (C=O) groups excluding carboxylic acids is 1. The molecule has 0 spiro atoms. The summed E-state index contributed by atoms with van der Waals surface area (Å²) in [7, 11) is 0. The number of anilines is 1. The van der Waals surface area contributed by atoms with Crippen LogP contribution in [0.15, 0.2) is 34.8 Å². The van der Waals surface area contributed by atoms with Crippen molar-refractivity contribution in [2.45, 2.75) is 6.92 Å². The van der Waals surface area contributed by atoms with Crippen LogP contribution in [0.25, 0.3) is 10.9 Å². The number of nitrogens with zero attached hydrogens (tertiary/aromatic N) is 1. The van der Waals surface area contributed by atoms with E-state index >= 15 is 0 Å². The van der Waals surface area contributed by atoms with E-state index in [0.717, 1.165) is 28.5 Å². The van der Waals surface area contributed by atoms with Gasteiger partial charge < -0.3 is 10.6 Å². The van der Waals surface area contributed by atoms with Crippen LogP contribution in [-0.4, -0.2) is 24.0 Å². The highest BCUT2D eigenvalue weighted by Crippen LogP contribution is 2.24. The summed E-state index contributed by atoms with van der Waals surface area (Å²) in [5.41, 5.74) is 0.864. The Hall–Kier alpha value is -1.17. The van der Waals surface area contributed by atoms with Gasteiger partial charge in [0.1, 0.15) is 5.82 Å². The fourth-order valence-electron chi connectivity index (χ4n) is 2.30. The Morgan fingerprint density at radius 1 is 1.38 bits per heavy atom. The van der Waals surface area contributed by atoms with E-state index in [1.165, 1.54) is 0 Å². The molecule has 2 N–H and O–H groups in total. The molecular weight excluding hydrogens is 354 g/mol. The molecule has 1 unspecified atom stereocenters. The first-order valence-corrected chi connectivity index (χ1v) is 7.51. The lowest BCUT2D eigenvalue weighted by Gasteiger charge is -2.31. The average Bonchev–Trinajstić information content (AvgIpc) is 2.37. The number of carbonyl (C=O) groups is 1. The highest BCUT2D eigenvalue weighted by Gasteiger charge is 2.28. The molecule has 1 aliphatic heterocycles. The molecule has 1 fully saturated rings. The number of hydrogen-bond acceptors (Lipinski definition) is 3. The molecule has 1 amide bonds. The lowest BCUT2D eigenvalue weighted by atomic mass is 9.88. The summed E-state index contributed by atoms with van der Waals surface area (Å²) < 4.78 is 0.933. The molecule has 6 heteroatoms. The number of halogens is 2. The van der Waals surface area contributed by atoms with Gasteiger partial charge in [-0.1, -0.05) is 19.1 Å². The number of rotatable bonds is 3. The molecule has 1 aromatic heterocycles. The fraction of sp³-hybridized carbons (Fsp3) is 0.333. The second-order valence-corrected chi connectivity index (χ2v) is 6.06. The van der Waals surface area contributed by atoms with Crippen molar-refractivity contribution in [2.75, 3.05) is 18.4 Å². The molecule has 2 aromatic rings. The topological polar surface area (TPSA) is 54.0 Å². The number of hydrogen-bond donors (Lipinski definition) is 2. The van der Waals surface area contributed by atoms with Crippen molar-refractivity contribution in [3.8, 4) is 0 Å². The van der Waals surface area contributed by atoms with Crippen LogP contribution in [0.4, 0.5) is 5.82 Å². The maximum atomic E-state index is 12.2. The van der Waals surface area contributed by atoms with Crippen molar-refractivity contribution >= 4 is 51.0 Å². The smallest absolute Gasteiger partial charge is 0.228 e. The van der Waals surface area contributed by atoms with E-state index in [9.17, 15) is 4.79 Å². The van der Waals surface area contributed by atoms with Crippen molar-refractivity contribution < 1.29 is 4.79 Å². The molecule has 0 aliphatic carbocycles. The van der Waals surface area contributed by atoms with Gasteiger partial charge in [0, 0.05) is 15.8 Å². The van der Waals surface area contributed by atoms with Gasteiger partial charge in [-0.25, -0.2) is 4.98 Å². The van der Waals surface area contributed by atoms with Crippen LogP contribution in [0, 0.1) is 11.8 Å². The van der Waals surface area contributed by atoms with Crippen molar-refractivity contribution in [1.82, 2.24) is 10.3 Å². The van der Waals surface area contributed by atoms with Crippen molar-refractivity contribution in [2.24, 2.45) is 11.8 Å². The molecule has 1 aromatic carbocycles. The molecule has 0 radical (unpaired) electrons. The lowest BCUT2D eigenvalue weighted by molar-refractivity contribution is -0.121. The van der Waals surface area contributed by atoms with Crippen LogP contribution in [0.3, 0.4) is 0 Å². The molecule has 4 nitrogen and oxygen atoms in total. The standard InChI is InChI=1S/C15H16BrN3O.ClH/c1-9(11-7-17-8-11)15(20)19-13-6-5-10-3-2-4-12(16)14(10)18-13;/h2-6,9,11,17H,7-8H2,1H3,(H,18,19,20);1H. The third kappa shape index (κ3) is 3.36. The number of para-hydroxylation sites is 1. The van der Waals surface area contributed by atoms with Crippen LogP contribution < -0.4 is 10.6 Å². The molecule has 1 atom stereocenters. The summed E-state index contributed by atoms with van der Waals surface area (Å²) in [6, 6.07) is 9.74. The van der Waals surface area contributed by atoms with E-state index in [1.54, 1.807) is 0 Å². The number of aromatic nitrogens is 1. The van der Waals surface area contributed by atoms with E-state index in [4.69, 9.17) is 0 Å². The summed E-state index contributed by atoms with van der Waals surface area (Å²) in [5.74, 6) is 1.08. The van der Waals surface area contributed by atoms with E-state index in [-0.39, 0.29) is 24.2 Å². The van der Waals surface area contributed by atoms with Crippen molar-refractivity contribution in [3.05, 3.63) is 34.8 Å². The first kappa shape index (κ1) is 16.2. The minimum Gasteiger partial charge on any atom is -0.316 e. The van der Waals surface area contributed by atoms with Gasteiger partial charge in [-0.2, -0.15) is 0 Å². The normalized spacial score (nSPS) is 15.9. The van der Waals surface area contributed by atoms with Crippen LogP contribution in [0.1, 0.15) is 6.92 Å². The van der Waals surface area contributed by atoms with Crippen LogP contribution in [0.2, 0.25) is 0 Å². The number of benzene rings is 1. The third-order valence-electron chi connectivity index (χ3n) is 3.86. The number of fused-ring (bicyclic) bond motifs is 1. The zero-order valence-corrected chi connectivity index (χ0v) is 14.0. The zero-order chi connectivity index (χ0) is 14.1. The largest absolute Gasteiger partial charge is 0.316 e. The highest BCUT2D eigenvalue weighted by molar-refractivity contribution is 9.10. The van der Waals surface area contributed by atoms with E-state index in [0.29, 0.717) is 11.7 Å². The van der Waals surface area contributed by atoms with Gasteiger partial charge in [0.05, 0.1) is 5.52 Å².